The van der Waals surface area contributed by atoms with Gasteiger partial charge < -0.3 is 9.64 Å². The average Bonchev–Trinajstić information content (AvgIpc) is 3.64. The Hall–Kier alpha value is -5.54. The number of alkyl halides is 5. The number of halogens is 6. The Balaban J connectivity index is 1.40. The molecule has 1 aromatic carbocycles. The molecule has 47 heavy (non-hydrogen) atoms. The summed E-state index contributed by atoms with van der Waals surface area (Å²) in [6, 6.07) is 5.20. The van der Waals surface area contributed by atoms with Gasteiger partial charge in [-0.1, -0.05) is 11.3 Å². The zero-order valence-corrected chi connectivity index (χ0v) is 24.5. The highest BCUT2D eigenvalue weighted by Gasteiger charge is 2.45. The number of fused-ring (bicyclic) bond motifs is 2. The van der Waals surface area contributed by atoms with E-state index in [1.54, 1.807) is 0 Å². The molecule has 0 radical (unpaired) electrons. The zero-order chi connectivity index (χ0) is 33.6. The van der Waals surface area contributed by atoms with Crippen molar-refractivity contribution in [3.8, 4) is 16.9 Å². The minimum atomic E-state index is -5.06. The summed E-state index contributed by atoms with van der Waals surface area (Å²) in [5.74, 6) is -2.31. The van der Waals surface area contributed by atoms with Crippen molar-refractivity contribution in [3.05, 3.63) is 83.4 Å². The van der Waals surface area contributed by atoms with Gasteiger partial charge in [-0.2, -0.15) is 13.2 Å². The lowest BCUT2D eigenvalue weighted by Crippen LogP contribution is -2.40. The summed E-state index contributed by atoms with van der Waals surface area (Å²) in [6.07, 6.45) is -2.12. The topological polar surface area (TPSA) is 118 Å². The molecule has 0 atom stereocenters. The van der Waals surface area contributed by atoms with E-state index in [9.17, 15) is 40.7 Å². The molecule has 17 heteroatoms. The van der Waals surface area contributed by atoms with Crippen molar-refractivity contribution < 1.29 is 45.5 Å². The lowest BCUT2D eigenvalue weighted by molar-refractivity contribution is -0.170. The van der Waals surface area contributed by atoms with E-state index in [0.717, 1.165) is 40.8 Å². The average molecular weight is 673 g/mol. The van der Waals surface area contributed by atoms with Crippen LogP contribution in [0.3, 0.4) is 0 Å². The molecule has 0 bridgehead atoms. The van der Waals surface area contributed by atoms with Crippen molar-refractivity contribution in [2.45, 2.75) is 19.0 Å². The van der Waals surface area contributed by atoms with E-state index in [4.69, 9.17) is 4.74 Å². The van der Waals surface area contributed by atoms with Crippen LogP contribution in [0.2, 0.25) is 0 Å². The largest absolute Gasteiger partial charge is 0.494 e. The number of thiazole rings is 1. The van der Waals surface area contributed by atoms with Crippen molar-refractivity contribution in [1.82, 2.24) is 15.0 Å². The number of methoxy groups -OCH3 is 1. The molecule has 1 N–H and O–H groups in total. The first kappa shape index (κ1) is 31.4. The second-order valence-electron chi connectivity index (χ2n) is 10.0. The molecule has 10 nitrogen and oxygen atoms in total. The number of ether oxygens (including phenoxy) is 1. The second-order valence-corrected chi connectivity index (χ2v) is 11.0. The highest BCUT2D eigenvalue weighted by molar-refractivity contribution is 7.22. The molecule has 2 amide bonds. The maximum atomic E-state index is 14.4. The number of allylic oxidation sites excluding steroid dienone is 3. The van der Waals surface area contributed by atoms with Crippen molar-refractivity contribution in [2.75, 3.05) is 28.8 Å². The second kappa shape index (κ2) is 12.0. The fraction of sp³-hybridized carbons (Fsp3) is 0.167. The van der Waals surface area contributed by atoms with E-state index >= 15 is 0 Å². The number of carbonyl (C=O) groups excluding carboxylic acids is 3. The van der Waals surface area contributed by atoms with Gasteiger partial charge in [0.05, 0.1) is 29.1 Å². The molecule has 0 saturated carbocycles. The van der Waals surface area contributed by atoms with E-state index in [1.807, 2.05) is 0 Å². The van der Waals surface area contributed by atoms with Gasteiger partial charge in [-0.05, 0) is 48.4 Å². The van der Waals surface area contributed by atoms with Crippen LogP contribution in [0.25, 0.3) is 21.3 Å². The number of hydrogen-bond acceptors (Lipinski definition) is 9. The fourth-order valence-electron chi connectivity index (χ4n) is 5.09. The first-order valence-electron chi connectivity index (χ1n) is 13.4. The molecule has 6 rings (SSSR count). The third kappa shape index (κ3) is 5.81. The molecule has 0 saturated heterocycles. The van der Waals surface area contributed by atoms with Crippen LogP contribution in [0, 0.1) is 0 Å². The summed E-state index contributed by atoms with van der Waals surface area (Å²) in [5, 5.41) is 2.62. The van der Waals surface area contributed by atoms with Crippen molar-refractivity contribution >= 4 is 55.9 Å². The van der Waals surface area contributed by atoms with Crippen molar-refractivity contribution in [2.24, 2.45) is 0 Å². The highest BCUT2D eigenvalue weighted by Crippen LogP contribution is 2.40. The van der Waals surface area contributed by atoms with Crippen LogP contribution < -0.4 is 19.9 Å². The lowest BCUT2D eigenvalue weighted by Gasteiger charge is -2.22. The van der Waals surface area contributed by atoms with E-state index in [-0.39, 0.29) is 52.0 Å². The molecule has 2 aliphatic rings. The summed E-state index contributed by atoms with van der Waals surface area (Å²) >= 11 is 0.924. The Morgan fingerprint density at radius 2 is 1.89 bits per heavy atom. The maximum Gasteiger partial charge on any atom is 0.471 e. The number of amides is 2. The molecular weight excluding hydrogens is 654 g/mol. The standard InChI is InChI=1S/C30H18F6N6O4S/c1-46-23-12-37-20(26(32)33)8-16(23)15-9-25(41-5-2-3-18(31)22(41)13-43)38-11-17(15)27(44)40-29-39-19-7-14-4-6-42(28(45)30(34,35)36)21(14)10-24(19)47-29/h2-3,5,7-12,26H,4,6H2,1H3,(H,39,40,44). The highest BCUT2D eigenvalue weighted by atomic mass is 32.1. The zero-order valence-electron chi connectivity index (χ0n) is 23.7. The number of aromatic nitrogens is 3. The Morgan fingerprint density at radius 3 is 2.60 bits per heavy atom. The van der Waals surface area contributed by atoms with E-state index < -0.39 is 41.6 Å². The quantitative estimate of drug-likeness (QED) is 0.187. The SMILES string of the molecule is COc1cnc(C(F)F)cc1-c1cc(N2C=CC=C(F)C2=C=O)ncc1C(=O)Nc1nc2cc3c(cc2s1)N(C(=O)C(F)(F)F)CC3. The first-order chi connectivity index (χ1) is 22.4. The van der Waals surface area contributed by atoms with Gasteiger partial charge in [0.1, 0.15) is 17.3 Å². The van der Waals surface area contributed by atoms with Gasteiger partial charge in [0.15, 0.2) is 22.6 Å². The van der Waals surface area contributed by atoms with Crippen LogP contribution in [0.15, 0.2) is 66.5 Å². The van der Waals surface area contributed by atoms with E-state index in [2.05, 4.69) is 20.3 Å². The van der Waals surface area contributed by atoms with Gasteiger partial charge in [-0.15, -0.1) is 0 Å². The molecule has 0 fully saturated rings. The number of benzene rings is 1. The molecule has 0 aliphatic carbocycles. The maximum absolute atomic E-state index is 14.4. The number of hydrogen-bond donors (Lipinski definition) is 1. The molecular formula is C30H18F6N6O4S. The number of pyridine rings is 2. The van der Waals surface area contributed by atoms with Gasteiger partial charge in [-0.3, -0.25) is 24.8 Å². The molecule has 4 aromatic rings. The Labute approximate surface area is 264 Å². The molecule has 0 spiro atoms. The van der Waals surface area contributed by atoms with Crippen LogP contribution in [0.5, 0.6) is 5.75 Å². The van der Waals surface area contributed by atoms with Gasteiger partial charge >= 0.3 is 12.1 Å². The Bertz CT molecular complexity index is 2070. The predicted molar refractivity (Wildman–Crippen MR) is 159 cm³/mol. The fourth-order valence-corrected chi connectivity index (χ4v) is 5.97. The third-order valence-corrected chi connectivity index (χ3v) is 8.17. The van der Waals surface area contributed by atoms with Crippen LogP contribution in [0.4, 0.5) is 43.0 Å². The summed E-state index contributed by atoms with van der Waals surface area (Å²) < 4.78 is 86.8. The van der Waals surface area contributed by atoms with E-state index in [0.29, 0.717) is 20.7 Å². The first-order valence-corrected chi connectivity index (χ1v) is 14.3. The van der Waals surface area contributed by atoms with Gasteiger partial charge in [0, 0.05) is 35.8 Å². The molecule has 2 aliphatic heterocycles. The molecule has 3 aromatic heterocycles. The third-order valence-electron chi connectivity index (χ3n) is 7.24. The molecule has 240 valence electrons. The molecule has 5 heterocycles. The van der Waals surface area contributed by atoms with Crippen LogP contribution in [-0.4, -0.2) is 52.5 Å². The van der Waals surface area contributed by atoms with Gasteiger partial charge in [0.2, 0.25) is 0 Å². The number of rotatable bonds is 6. The van der Waals surface area contributed by atoms with Gasteiger partial charge in [0.25, 0.3) is 12.3 Å². The van der Waals surface area contributed by atoms with Crippen LogP contribution >= 0.6 is 11.3 Å². The Morgan fingerprint density at radius 1 is 1.11 bits per heavy atom. The van der Waals surface area contributed by atoms with Crippen LogP contribution in [0.1, 0.15) is 28.0 Å². The minimum Gasteiger partial charge on any atom is -0.494 e. The summed E-state index contributed by atoms with van der Waals surface area (Å²) in [6.45, 7) is -0.146. The van der Waals surface area contributed by atoms with Crippen molar-refractivity contribution in [1.29, 1.82) is 0 Å². The number of nitrogens with zero attached hydrogens (tertiary/aromatic N) is 5. The Kier molecular flexibility index (Phi) is 8.03. The van der Waals surface area contributed by atoms with Gasteiger partial charge in [-0.25, -0.2) is 27.9 Å². The monoisotopic (exact) mass is 672 g/mol. The summed E-state index contributed by atoms with van der Waals surface area (Å²) in [7, 11) is 1.26. The summed E-state index contributed by atoms with van der Waals surface area (Å²) in [4.78, 5) is 51.1. The van der Waals surface area contributed by atoms with E-state index in [1.165, 1.54) is 43.5 Å². The summed E-state index contributed by atoms with van der Waals surface area (Å²) in [5.41, 5.74) is -0.420. The smallest absolute Gasteiger partial charge is 0.471 e. The van der Waals surface area contributed by atoms with Crippen LogP contribution in [-0.2, 0) is 16.0 Å². The van der Waals surface area contributed by atoms with Crippen molar-refractivity contribution in [3.63, 3.8) is 0 Å². The number of anilines is 3. The normalized spacial score (nSPS) is 14.4. The molecule has 0 unspecified atom stereocenters. The lowest BCUT2D eigenvalue weighted by atomic mass is 9.99. The number of nitrogens with one attached hydrogen (secondary N) is 1. The minimum absolute atomic E-state index is 0.000485. The predicted octanol–water partition coefficient (Wildman–Crippen LogP) is 6.31. The number of carbonyl (C=O) groups is 2.